The third-order valence-corrected chi connectivity index (χ3v) is 5.75. The van der Waals surface area contributed by atoms with Crippen molar-refractivity contribution in [3.05, 3.63) is 32.5 Å². The lowest BCUT2D eigenvalue weighted by Crippen LogP contribution is -2.38. The van der Waals surface area contributed by atoms with Crippen molar-refractivity contribution in [2.75, 3.05) is 12.4 Å². The average Bonchev–Trinajstić information content (AvgIpc) is 3.16. The molecule has 11 heteroatoms. The molecule has 0 spiro atoms. The van der Waals surface area contributed by atoms with Gasteiger partial charge in [0.25, 0.3) is 5.91 Å². The fourth-order valence-corrected chi connectivity index (χ4v) is 4.12. The van der Waals surface area contributed by atoms with Gasteiger partial charge in [0.05, 0.1) is 17.8 Å². The van der Waals surface area contributed by atoms with E-state index in [9.17, 15) is 14.4 Å². The molecule has 1 aliphatic rings. The largest absolute Gasteiger partial charge is 0.469 e. The Bertz CT molecular complexity index is 876. The van der Waals surface area contributed by atoms with Crippen molar-refractivity contribution in [2.45, 2.75) is 31.7 Å². The SMILES string of the molecule is COC(=O)CC(=O)Nc1nc2c(s1)C[C@@H](NC(=O)c1cc(Cl)c(Cl)[nH]1)CC2. The second-order valence-corrected chi connectivity index (χ2v) is 7.82. The van der Waals surface area contributed by atoms with E-state index in [1.54, 1.807) is 0 Å². The van der Waals surface area contributed by atoms with Crippen LogP contribution in [0.25, 0.3) is 0 Å². The van der Waals surface area contributed by atoms with E-state index in [1.165, 1.54) is 24.5 Å². The summed E-state index contributed by atoms with van der Waals surface area (Å²) in [6, 6.07) is 1.42. The third-order valence-electron chi connectivity index (χ3n) is 4.02. The average molecular weight is 431 g/mol. The number of carbonyl (C=O) groups excluding carboxylic acids is 3. The van der Waals surface area contributed by atoms with Gasteiger partial charge in [0.2, 0.25) is 5.91 Å². The first-order chi connectivity index (χ1) is 12.9. The summed E-state index contributed by atoms with van der Waals surface area (Å²) in [6.45, 7) is 0. The summed E-state index contributed by atoms with van der Waals surface area (Å²) in [5.41, 5.74) is 1.20. The van der Waals surface area contributed by atoms with Crippen LogP contribution in [0.4, 0.5) is 5.13 Å². The van der Waals surface area contributed by atoms with Gasteiger partial charge in [0.15, 0.2) is 5.13 Å². The Hall–Kier alpha value is -2.10. The van der Waals surface area contributed by atoms with E-state index in [4.69, 9.17) is 23.2 Å². The summed E-state index contributed by atoms with van der Waals surface area (Å²) < 4.78 is 4.46. The molecule has 0 saturated heterocycles. The number of ether oxygens (including phenoxy) is 1. The maximum absolute atomic E-state index is 12.3. The van der Waals surface area contributed by atoms with Gasteiger partial charge in [-0.1, -0.05) is 23.2 Å². The van der Waals surface area contributed by atoms with Crippen molar-refractivity contribution < 1.29 is 19.1 Å². The molecule has 3 N–H and O–H groups in total. The lowest BCUT2D eigenvalue weighted by molar-refractivity contribution is -0.142. The van der Waals surface area contributed by atoms with E-state index >= 15 is 0 Å². The van der Waals surface area contributed by atoms with Crippen LogP contribution in [0.15, 0.2) is 6.07 Å². The monoisotopic (exact) mass is 430 g/mol. The molecule has 2 aromatic heterocycles. The van der Waals surface area contributed by atoms with E-state index < -0.39 is 11.9 Å². The van der Waals surface area contributed by atoms with Gasteiger partial charge in [-0.2, -0.15) is 0 Å². The van der Waals surface area contributed by atoms with Gasteiger partial charge >= 0.3 is 5.97 Å². The van der Waals surface area contributed by atoms with Crippen molar-refractivity contribution in [2.24, 2.45) is 0 Å². The predicted molar refractivity (Wildman–Crippen MR) is 101 cm³/mol. The van der Waals surface area contributed by atoms with Crippen LogP contribution in [0.3, 0.4) is 0 Å². The predicted octanol–water partition coefficient (Wildman–Crippen LogP) is 2.57. The number of H-pyrrole nitrogens is 1. The fourth-order valence-electron chi connectivity index (χ4n) is 2.71. The first-order valence-electron chi connectivity index (χ1n) is 8.05. The Morgan fingerprint density at radius 1 is 1.41 bits per heavy atom. The molecule has 0 saturated carbocycles. The van der Waals surface area contributed by atoms with E-state index in [2.05, 4.69) is 25.3 Å². The van der Waals surface area contributed by atoms with Gasteiger partial charge in [-0.05, 0) is 18.9 Å². The number of thiazole rings is 1. The molecule has 2 amide bonds. The van der Waals surface area contributed by atoms with E-state index in [0.29, 0.717) is 28.7 Å². The van der Waals surface area contributed by atoms with Crippen molar-refractivity contribution in [1.29, 1.82) is 0 Å². The smallest absolute Gasteiger partial charge is 0.315 e. The first-order valence-corrected chi connectivity index (χ1v) is 9.63. The lowest BCUT2D eigenvalue weighted by atomic mass is 9.97. The number of esters is 1. The summed E-state index contributed by atoms with van der Waals surface area (Å²) in [7, 11) is 1.22. The number of amides is 2. The number of methoxy groups -OCH3 is 1. The second-order valence-electron chi connectivity index (χ2n) is 5.95. The normalized spacial score (nSPS) is 15.7. The molecule has 1 atom stereocenters. The molecule has 0 fully saturated rings. The fraction of sp³-hybridized carbons (Fsp3) is 0.375. The minimum atomic E-state index is -0.610. The number of nitrogens with zero attached hydrogens (tertiary/aromatic N) is 1. The number of anilines is 1. The number of aromatic amines is 1. The topological polar surface area (TPSA) is 113 Å². The Balaban J connectivity index is 1.59. The molecule has 0 bridgehead atoms. The highest BCUT2D eigenvalue weighted by Gasteiger charge is 2.25. The van der Waals surface area contributed by atoms with Crippen molar-refractivity contribution in [3.63, 3.8) is 0 Å². The second kappa shape index (κ2) is 8.28. The zero-order valence-corrected chi connectivity index (χ0v) is 16.6. The highest BCUT2D eigenvalue weighted by molar-refractivity contribution is 7.15. The van der Waals surface area contributed by atoms with Gasteiger partial charge in [-0.3, -0.25) is 14.4 Å². The van der Waals surface area contributed by atoms with Crippen molar-refractivity contribution in [3.8, 4) is 0 Å². The van der Waals surface area contributed by atoms with Crippen LogP contribution in [-0.4, -0.2) is 40.9 Å². The minimum Gasteiger partial charge on any atom is -0.469 e. The van der Waals surface area contributed by atoms with E-state index in [0.717, 1.165) is 17.0 Å². The standard InChI is InChI=1S/C16H16Cl2N4O4S/c1-26-13(24)6-12(23)22-16-21-9-3-2-7(4-11(9)27-16)19-15(25)10-5-8(17)14(18)20-10/h5,7,20H,2-4,6H2,1H3,(H,19,25)(H,21,22,23)/t7-/m0/s1. The molecular formula is C16H16Cl2N4O4S. The zero-order chi connectivity index (χ0) is 19.6. The van der Waals surface area contributed by atoms with Crippen molar-refractivity contribution >= 4 is 57.5 Å². The maximum Gasteiger partial charge on any atom is 0.315 e. The highest BCUT2D eigenvalue weighted by Crippen LogP contribution is 2.30. The van der Waals surface area contributed by atoms with Crippen LogP contribution in [0.5, 0.6) is 0 Å². The third kappa shape index (κ3) is 4.79. The molecule has 1 aliphatic carbocycles. The van der Waals surface area contributed by atoms with Crippen LogP contribution in [-0.2, 0) is 27.2 Å². The molecular weight excluding hydrogens is 415 g/mol. The van der Waals surface area contributed by atoms with Crippen LogP contribution in [0.2, 0.25) is 10.2 Å². The number of halogens is 2. The molecule has 0 aromatic carbocycles. The van der Waals surface area contributed by atoms with Gasteiger partial charge in [0.1, 0.15) is 17.3 Å². The number of nitrogens with one attached hydrogen (secondary N) is 3. The highest BCUT2D eigenvalue weighted by atomic mass is 35.5. The first kappa shape index (κ1) is 19.7. The number of aromatic nitrogens is 2. The summed E-state index contributed by atoms with van der Waals surface area (Å²) in [5.74, 6) is -1.37. The number of rotatable bonds is 5. The summed E-state index contributed by atoms with van der Waals surface area (Å²) in [5, 5.41) is 6.50. The Morgan fingerprint density at radius 3 is 2.85 bits per heavy atom. The van der Waals surface area contributed by atoms with Gasteiger partial charge in [-0.15, -0.1) is 11.3 Å². The molecule has 2 aromatic rings. The Labute approximate surface area is 168 Å². The molecule has 27 heavy (non-hydrogen) atoms. The van der Waals surface area contributed by atoms with Crippen LogP contribution < -0.4 is 10.6 Å². The molecule has 0 unspecified atom stereocenters. The Morgan fingerprint density at radius 2 is 2.19 bits per heavy atom. The van der Waals surface area contributed by atoms with Gasteiger partial charge in [0, 0.05) is 17.3 Å². The van der Waals surface area contributed by atoms with Crippen molar-refractivity contribution in [1.82, 2.24) is 15.3 Å². The molecule has 2 heterocycles. The summed E-state index contributed by atoms with van der Waals surface area (Å²) >= 11 is 13.0. The van der Waals surface area contributed by atoms with E-state index in [1.807, 2.05) is 0 Å². The minimum absolute atomic E-state index is 0.0649. The van der Waals surface area contributed by atoms with Gasteiger partial charge < -0.3 is 20.4 Å². The number of hydrogen-bond donors (Lipinski definition) is 3. The maximum atomic E-state index is 12.3. The van der Waals surface area contributed by atoms with Crippen LogP contribution in [0, 0.1) is 0 Å². The van der Waals surface area contributed by atoms with Crippen LogP contribution >= 0.6 is 34.5 Å². The number of aryl methyl sites for hydroxylation is 1. The quantitative estimate of drug-likeness (QED) is 0.498. The lowest BCUT2D eigenvalue weighted by Gasteiger charge is -2.22. The molecule has 8 nitrogen and oxygen atoms in total. The summed E-state index contributed by atoms with van der Waals surface area (Å²) in [6.07, 6.45) is 1.64. The molecule has 0 radical (unpaired) electrons. The number of hydrogen-bond acceptors (Lipinski definition) is 6. The van der Waals surface area contributed by atoms with Gasteiger partial charge in [-0.25, -0.2) is 4.98 Å². The number of fused-ring (bicyclic) bond motifs is 1. The number of carbonyl (C=O) groups is 3. The zero-order valence-electron chi connectivity index (χ0n) is 14.2. The molecule has 3 rings (SSSR count). The van der Waals surface area contributed by atoms with Crippen LogP contribution in [0.1, 0.15) is 33.9 Å². The summed E-state index contributed by atoms with van der Waals surface area (Å²) in [4.78, 5) is 43.3. The molecule has 144 valence electrons. The Kier molecular flexibility index (Phi) is 6.03. The molecule has 0 aliphatic heterocycles. The van der Waals surface area contributed by atoms with E-state index in [-0.39, 0.29) is 23.5 Å².